The summed E-state index contributed by atoms with van der Waals surface area (Å²) in [6.07, 6.45) is -1.82. The Kier molecular flexibility index (Phi) is 7.34. The van der Waals surface area contributed by atoms with E-state index in [-0.39, 0.29) is 54.7 Å². The van der Waals surface area contributed by atoms with Crippen molar-refractivity contribution >= 4 is 17.3 Å². The molecule has 0 saturated carbocycles. The molecule has 2 aromatic rings. The largest absolute Gasteiger partial charge is 0.484 e. The first-order valence-electron chi connectivity index (χ1n) is 12.7. The van der Waals surface area contributed by atoms with Gasteiger partial charge in [0.15, 0.2) is 11.6 Å². The van der Waals surface area contributed by atoms with Crippen molar-refractivity contribution < 1.29 is 36.2 Å². The third kappa shape index (κ3) is 5.17. The first kappa shape index (κ1) is 27.7. The first-order valence-corrected chi connectivity index (χ1v) is 12.7. The lowest BCUT2D eigenvalue weighted by Gasteiger charge is -2.44. The summed E-state index contributed by atoms with van der Waals surface area (Å²) in [6.45, 7) is 5.00. The number of alkyl halides is 3. The minimum atomic E-state index is -4.81. The number of dihydropyridines is 1. The van der Waals surface area contributed by atoms with Crippen LogP contribution in [0.15, 0.2) is 41.8 Å². The lowest BCUT2D eigenvalue weighted by Crippen LogP contribution is -2.55. The van der Waals surface area contributed by atoms with Gasteiger partial charge in [0.2, 0.25) is 0 Å². The highest BCUT2D eigenvalue weighted by molar-refractivity contribution is 6.09. The Hall–Kier alpha value is -3.87. The normalized spacial score (nSPS) is 21.4. The van der Waals surface area contributed by atoms with Crippen molar-refractivity contribution in [2.75, 3.05) is 50.1 Å². The number of benzene rings is 1. The summed E-state index contributed by atoms with van der Waals surface area (Å²) in [5, 5.41) is 4.91. The average Bonchev–Trinajstić information content (AvgIpc) is 2.92. The number of halogens is 5. The zero-order chi connectivity index (χ0) is 28.8. The number of fused-ring (bicyclic) bond motifs is 1. The minimum absolute atomic E-state index is 0.00915. The summed E-state index contributed by atoms with van der Waals surface area (Å²) in [4.78, 5) is 21.1. The molecular weight excluding hydrogens is 537 g/mol. The zero-order valence-electron chi connectivity index (χ0n) is 22.0. The molecule has 2 N–H and O–H groups in total. The highest BCUT2D eigenvalue weighted by Crippen LogP contribution is 2.42. The molecular formula is C27H28F5N5O3. The Morgan fingerprint density at radius 2 is 1.82 bits per heavy atom. The molecule has 0 spiro atoms. The number of nitrogens with zero attached hydrogens (tertiary/aromatic N) is 3. The van der Waals surface area contributed by atoms with Gasteiger partial charge in [-0.2, -0.15) is 13.2 Å². The van der Waals surface area contributed by atoms with Crippen molar-refractivity contribution in [3.8, 4) is 22.8 Å². The molecule has 0 radical (unpaired) electrons. The molecule has 13 heteroatoms. The van der Waals surface area contributed by atoms with E-state index in [0.29, 0.717) is 13.1 Å². The Morgan fingerprint density at radius 1 is 1.12 bits per heavy atom. The van der Waals surface area contributed by atoms with Crippen LogP contribution in [0.4, 0.5) is 33.3 Å². The summed E-state index contributed by atoms with van der Waals surface area (Å²) < 4.78 is 83.9. The maximum absolute atomic E-state index is 16.3. The maximum atomic E-state index is 16.3. The summed E-state index contributed by atoms with van der Waals surface area (Å²) in [5.41, 5.74) is -2.78. The van der Waals surface area contributed by atoms with Crippen LogP contribution in [0.25, 0.3) is 11.1 Å². The van der Waals surface area contributed by atoms with Gasteiger partial charge in [-0.05, 0) is 27.0 Å². The number of anilines is 2. The van der Waals surface area contributed by atoms with Gasteiger partial charge < -0.3 is 25.0 Å². The maximum Gasteiger partial charge on any atom is 0.416 e. The van der Waals surface area contributed by atoms with E-state index in [2.05, 4.69) is 20.5 Å². The standard InChI is InChI=1S/C27H28F5N5O3/c1-14-12-37(13-15(2)36(14)3)20-9-19(28)22(16-8-21-26(34-10-16)40-7-6-39-21)23(29)24(20)35-25(38)17-11-33-5-4-18(17)27(30,31)32/h4,8-11,14-15,33H,5-7,12-13H2,1-3H3,(H,35,38)/t14-,15+. The van der Waals surface area contributed by atoms with Gasteiger partial charge >= 0.3 is 6.18 Å². The molecule has 0 unspecified atom stereocenters. The monoisotopic (exact) mass is 565 g/mol. The van der Waals surface area contributed by atoms with E-state index in [4.69, 9.17) is 9.47 Å². The summed E-state index contributed by atoms with van der Waals surface area (Å²) in [6, 6.07) is 2.44. The Morgan fingerprint density at radius 3 is 2.52 bits per heavy atom. The van der Waals surface area contributed by atoms with Gasteiger partial charge in [0.1, 0.15) is 24.7 Å². The van der Waals surface area contributed by atoms with Crippen molar-refractivity contribution in [1.29, 1.82) is 0 Å². The van der Waals surface area contributed by atoms with Gasteiger partial charge in [0.25, 0.3) is 11.8 Å². The molecule has 4 heterocycles. The van der Waals surface area contributed by atoms with E-state index >= 15 is 8.78 Å². The fourth-order valence-corrected chi connectivity index (χ4v) is 5.06. The molecule has 1 aromatic heterocycles. The molecule has 214 valence electrons. The van der Waals surface area contributed by atoms with Crippen LogP contribution in [0.1, 0.15) is 13.8 Å². The van der Waals surface area contributed by atoms with Crippen molar-refractivity contribution in [2.45, 2.75) is 32.1 Å². The number of amides is 1. The van der Waals surface area contributed by atoms with Crippen LogP contribution in [0.3, 0.4) is 0 Å². The van der Waals surface area contributed by atoms with Gasteiger partial charge in [-0.3, -0.25) is 9.69 Å². The second-order valence-corrected chi connectivity index (χ2v) is 9.97. The molecule has 3 aliphatic heterocycles. The number of pyridine rings is 1. The molecule has 0 aliphatic carbocycles. The quantitative estimate of drug-likeness (QED) is 0.537. The third-order valence-corrected chi connectivity index (χ3v) is 7.33. The number of nitrogens with one attached hydrogen (secondary N) is 2. The predicted molar refractivity (Wildman–Crippen MR) is 138 cm³/mol. The van der Waals surface area contributed by atoms with E-state index in [1.807, 2.05) is 20.9 Å². The van der Waals surface area contributed by atoms with Crippen LogP contribution in [-0.4, -0.2) is 73.9 Å². The molecule has 1 amide bonds. The lowest BCUT2D eigenvalue weighted by molar-refractivity contribution is -0.115. The van der Waals surface area contributed by atoms with Crippen molar-refractivity contribution in [3.05, 3.63) is 53.4 Å². The molecule has 40 heavy (non-hydrogen) atoms. The molecule has 1 fully saturated rings. The van der Waals surface area contributed by atoms with E-state index < -0.39 is 46.1 Å². The lowest BCUT2D eigenvalue weighted by atomic mass is 10.00. The number of likely N-dealkylation sites (N-methyl/N-ethyl adjacent to an activating group) is 1. The number of carbonyl (C=O) groups is 1. The van der Waals surface area contributed by atoms with Gasteiger partial charge in [0, 0.05) is 55.7 Å². The molecule has 1 saturated heterocycles. The van der Waals surface area contributed by atoms with Gasteiger partial charge in [-0.25, -0.2) is 13.8 Å². The predicted octanol–water partition coefficient (Wildman–Crippen LogP) is 4.24. The van der Waals surface area contributed by atoms with Crippen LogP contribution in [0.2, 0.25) is 0 Å². The Bertz CT molecular complexity index is 1380. The molecule has 2 atom stereocenters. The number of aromatic nitrogens is 1. The minimum Gasteiger partial charge on any atom is -0.484 e. The van der Waals surface area contributed by atoms with Crippen LogP contribution in [-0.2, 0) is 4.79 Å². The number of rotatable bonds is 4. The summed E-state index contributed by atoms with van der Waals surface area (Å²) in [7, 11) is 1.93. The van der Waals surface area contributed by atoms with Crippen LogP contribution in [0.5, 0.6) is 11.6 Å². The average molecular weight is 566 g/mol. The second-order valence-electron chi connectivity index (χ2n) is 9.97. The molecule has 3 aliphatic rings. The smallest absolute Gasteiger partial charge is 0.416 e. The van der Waals surface area contributed by atoms with E-state index in [1.165, 1.54) is 12.3 Å². The van der Waals surface area contributed by atoms with Crippen LogP contribution < -0.4 is 25.0 Å². The number of hydrogen-bond donors (Lipinski definition) is 2. The van der Waals surface area contributed by atoms with E-state index in [9.17, 15) is 18.0 Å². The van der Waals surface area contributed by atoms with Gasteiger partial charge in [0.05, 0.1) is 22.4 Å². The summed E-state index contributed by atoms with van der Waals surface area (Å²) in [5.74, 6) is -2.91. The van der Waals surface area contributed by atoms with E-state index in [0.717, 1.165) is 18.3 Å². The highest BCUT2D eigenvalue weighted by Gasteiger charge is 2.40. The van der Waals surface area contributed by atoms with Crippen molar-refractivity contribution in [2.24, 2.45) is 0 Å². The number of hydrogen-bond acceptors (Lipinski definition) is 7. The number of ether oxygens (including phenoxy) is 2. The summed E-state index contributed by atoms with van der Waals surface area (Å²) >= 11 is 0. The molecule has 0 bridgehead atoms. The Balaban J connectivity index is 1.61. The molecule has 8 nitrogen and oxygen atoms in total. The highest BCUT2D eigenvalue weighted by atomic mass is 19.4. The van der Waals surface area contributed by atoms with Crippen molar-refractivity contribution in [1.82, 2.24) is 15.2 Å². The van der Waals surface area contributed by atoms with Gasteiger partial charge in [-0.15, -0.1) is 0 Å². The van der Waals surface area contributed by atoms with E-state index in [1.54, 1.807) is 4.90 Å². The topological polar surface area (TPSA) is 79.0 Å². The number of carbonyl (C=O) groups excluding carboxylic acids is 1. The SMILES string of the molecule is C[C@@H]1CN(c2cc(F)c(-c3cnc4c(c3)OCCO4)c(F)c2NC(=O)C2=CNCC=C2C(F)(F)F)C[C@H](C)N1C. The fourth-order valence-electron chi connectivity index (χ4n) is 5.06. The van der Waals surface area contributed by atoms with Gasteiger partial charge in [-0.1, -0.05) is 6.08 Å². The van der Waals surface area contributed by atoms with Crippen molar-refractivity contribution in [3.63, 3.8) is 0 Å². The zero-order valence-corrected chi connectivity index (χ0v) is 22.0. The third-order valence-electron chi connectivity index (χ3n) is 7.33. The van der Waals surface area contributed by atoms with Crippen LogP contribution >= 0.6 is 0 Å². The Labute approximate surface area is 227 Å². The second kappa shape index (κ2) is 10.6. The first-order chi connectivity index (χ1) is 19.0. The molecule has 1 aromatic carbocycles. The number of piperazine rings is 1. The fraction of sp³-hybridized carbons (Fsp3) is 0.407. The van der Waals surface area contributed by atoms with Crippen LogP contribution in [0, 0.1) is 11.6 Å². The molecule has 5 rings (SSSR count).